The van der Waals surface area contributed by atoms with Crippen LogP contribution >= 0.6 is 22.9 Å². The Morgan fingerprint density at radius 3 is 2.71 bits per heavy atom. The van der Waals surface area contributed by atoms with E-state index in [0.29, 0.717) is 42.8 Å². The third-order valence-electron chi connectivity index (χ3n) is 6.05. The summed E-state index contributed by atoms with van der Waals surface area (Å²) in [5, 5.41) is 11.6. The molecule has 10 heteroatoms. The van der Waals surface area contributed by atoms with Gasteiger partial charge in [-0.2, -0.15) is 5.26 Å². The highest BCUT2D eigenvalue weighted by Gasteiger charge is 2.44. The van der Waals surface area contributed by atoms with E-state index in [2.05, 4.69) is 16.0 Å². The largest absolute Gasteiger partial charge is 0.472 e. The molecule has 0 saturated carbocycles. The van der Waals surface area contributed by atoms with Crippen molar-refractivity contribution in [2.24, 2.45) is 11.8 Å². The number of ether oxygens (including phenoxy) is 3. The molecular weight excluding hydrogens is 476 g/mol. The number of rotatable bonds is 4. The summed E-state index contributed by atoms with van der Waals surface area (Å²) in [4.78, 5) is 23.1. The van der Waals surface area contributed by atoms with Crippen LogP contribution in [0.3, 0.4) is 0 Å². The van der Waals surface area contributed by atoms with Gasteiger partial charge in [-0.1, -0.05) is 17.7 Å². The number of nitrogens with zero attached hydrogens (tertiary/aromatic N) is 4. The Bertz CT molecular complexity index is 1260. The van der Waals surface area contributed by atoms with Crippen molar-refractivity contribution in [1.29, 1.82) is 5.26 Å². The third kappa shape index (κ3) is 4.29. The van der Waals surface area contributed by atoms with Gasteiger partial charge in [0.15, 0.2) is 0 Å². The topological polar surface area (TPSA) is 97.6 Å². The maximum Gasteiger partial charge on any atom is 0.410 e. The minimum Gasteiger partial charge on any atom is -0.472 e. The third-order valence-corrected chi connectivity index (χ3v) is 7.32. The van der Waals surface area contributed by atoms with Gasteiger partial charge in [0.2, 0.25) is 5.88 Å². The van der Waals surface area contributed by atoms with Gasteiger partial charge in [-0.05, 0) is 26.0 Å². The van der Waals surface area contributed by atoms with Gasteiger partial charge in [-0.3, -0.25) is 0 Å². The first-order valence-corrected chi connectivity index (χ1v) is 12.3. The van der Waals surface area contributed by atoms with Crippen LogP contribution in [0.2, 0.25) is 5.02 Å². The molecule has 2 unspecified atom stereocenters. The molecule has 0 radical (unpaired) electrons. The zero-order valence-corrected chi connectivity index (χ0v) is 20.3. The number of benzene rings is 1. The lowest BCUT2D eigenvalue weighted by atomic mass is 9.84. The van der Waals surface area contributed by atoms with Crippen LogP contribution in [0.1, 0.15) is 19.4 Å². The molecule has 1 aromatic carbocycles. The van der Waals surface area contributed by atoms with Gasteiger partial charge in [0.05, 0.1) is 36.5 Å². The second kappa shape index (κ2) is 9.37. The molecule has 2 bridgehead atoms. The highest BCUT2D eigenvalue weighted by molar-refractivity contribution is 7.18. The van der Waals surface area contributed by atoms with E-state index < -0.39 is 0 Å². The molecule has 8 nitrogen and oxygen atoms in total. The van der Waals surface area contributed by atoms with Crippen LogP contribution < -0.4 is 4.74 Å². The van der Waals surface area contributed by atoms with Crippen LogP contribution in [0.5, 0.6) is 5.88 Å². The van der Waals surface area contributed by atoms with Gasteiger partial charge in [-0.25, -0.2) is 14.8 Å². The van der Waals surface area contributed by atoms with Crippen molar-refractivity contribution in [1.82, 2.24) is 14.9 Å². The number of hydrogen-bond donors (Lipinski definition) is 0. The molecule has 2 atom stereocenters. The summed E-state index contributed by atoms with van der Waals surface area (Å²) >= 11 is 7.95. The van der Waals surface area contributed by atoms with Crippen molar-refractivity contribution in [3.05, 3.63) is 40.5 Å². The van der Waals surface area contributed by atoms with E-state index in [1.165, 1.54) is 17.7 Å². The van der Waals surface area contributed by atoms with Crippen molar-refractivity contribution in [2.75, 3.05) is 26.3 Å². The Hall–Kier alpha value is -2.93. The molecule has 0 aliphatic carbocycles. The van der Waals surface area contributed by atoms with Crippen LogP contribution in [-0.4, -0.2) is 59.5 Å². The van der Waals surface area contributed by atoms with E-state index in [0.717, 1.165) is 21.3 Å². The Morgan fingerprint density at radius 2 is 2.03 bits per heavy atom. The number of aromatic nitrogens is 2. The highest BCUT2D eigenvalue weighted by Crippen LogP contribution is 2.41. The molecular formula is C24H23ClN4O4S. The van der Waals surface area contributed by atoms with Crippen molar-refractivity contribution in [3.8, 4) is 23.1 Å². The molecule has 34 heavy (non-hydrogen) atoms. The van der Waals surface area contributed by atoms with Crippen LogP contribution in [-0.2, 0) is 9.47 Å². The molecule has 2 fully saturated rings. The molecule has 2 aliphatic rings. The minimum atomic E-state index is -0.294. The van der Waals surface area contributed by atoms with Gasteiger partial charge >= 0.3 is 6.09 Å². The maximum absolute atomic E-state index is 12.5. The predicted molar refractivity (Wildman–Crippen MR) is 128 cm³/mol. The molecule has 2 aliphatic heterocycles. The summed E-state index contributed by atoms with van der Waals surface area (Å²) in [5.74, 6) is 0.556. The van der Waals surface area contributed by atoms with E-state index in [4.69, 9.17) is 31.1 Å². The number of carbonyl (C=O) groups is 1. The first kappa shape index (κ1) is 22.8. The Balaban J connectivity index is 1.41. The Kier molecular flexibility index (Phi) is 6.30. The molecule has 176 valence electrons. The SMILES string of the molecule is CC(C)OC(=O)N1CC2COCC(C1)C2Oc1ncnc2c(-c3ccc(C#N)cc3Cl)csc12. The van der Waals surface area contributed by atoms with Gasteiger partial charge < -0.3 is 19.1 Å². The molecule has 1 amide bonds. The molecule has 3 aromatic rings. The lowest BCUT2D eigenvalue weighted by molar-refractivity contribution is -0.110. The van der Waals surface area contributed by atoms with Gasteiger partial charge in [-0.15, -0.1) is 11.3 Å². The summed E-state index contributed by atoms with van der Waals surface area (Å²) in [6.07, 6.45) is 0.910. The number of piperidine rings is 1. The molecule has 4 heterocycles. The molecule has 0 spiro atoms. The normalized spacial score (nSPS) is 22.0. The molecule has 2 saturated heterocycles. The van der Waals surface area contributed by atoms with Crippen LogP contribution in [0.15, 0.2) is 29.9 Å². The Morgan fingerprint density at radius 1 is 1.26 bits per heavy atom. The average Bonchev–Trinajstić information content (AvgIpc) is 3.23. The zero-order valence-electron chi connectivity index (χ0n) is 18.7. The quantitative estimate of drug-likeness (QED) is 0.511. The van der Waals surface area contributed by atoms with Crippen molar-refractivity contribution in [3.63, 3.8) is 0 Å². The van der Waals surface area contributed by atoms with E-state index in [1.807, 2.05) is 25.3 Å². The van der Waals surface area contributed by atoms with Crippen molar-refractivity contribution >= 4 is 39.2 Å². The smallest absolute Gasteiger partial charge is 0.410 e. The average molecular weight is 499 g/mol. The fraction of sp³-hybridized carbons (Fsp3) is 0.417. The number of nitriles is 1. The number of amides is 1. The van der Waals surface area contributed by atoms with Crippen LogP contribution in [0, 0.1) is 23.2 Å². The molecule has 0 N–H and O–H groups in total. The van der Waals surface area contributed by atoms with E-state index in [9.17, 15) is 4.79 Å². The lowest BCUT2D eigenvalue weighted by Gasteiger charge is -2.45. The van der Waals surface area contributed by atoms with E-state index >= 15 is 0 Å². The summed E-state index contributed by atoms with van der Waals surface area (Å²) in [5.41, 5.74) is 2.93. The van der Waals surface area contributed by atoms with Gasteiger partial charge in [0.25, 0.3) is 0 Å². The number of carbonyl (C=O) groups excluding carboxylic acids is 1. The number of likely N-dealkylation sites (tertiary alicyclic amines) is 1. The monoisotopic (exact) mass is 498 g/mol. The fourth-order valence-corrected chi connectivity index (χ4v) is 5.79. The van der Waals surface area contributed by atoms with E-state index in [1.54, 1.807) is 17.0 Å². The number of thiophene rings is 1. The first-order valence-electron chi connectivity index (χ1n) is 11.1. The van der Waals surface area contributed by atoms with Crippen LogP contribution in [0.4, 0.5) is 4.79 Å². The summed E-state index contributed by atoms with van der Waals surface area (Å²) < 4.78 is 18.5. The number of hydrogen-bond acceptors (Lipinski definition) is 8. The standard InChI is InChI=1S/C24H23ClN4O4S/c1-13(2)32-24(30)29-7-15-9-31-10-16(8-29)21(15)33-23-22-20(27-12-28-23)18(11-34-22)17-4-3-14(6-26)5-19(17)25/h3-5,11-13,15-16,21H,7-10H2,1-2H3. The second-order valence-corrected chi connectivity index (χ2v) is 10.1. The first-order chi connectivity index (χ1) is 16.4. The lowest BCUT2D eigenvalue weighted by Crippen LogP contribution is -2.58. The summed E-state index contributed by atoms with van der Waals surface area (Å²) in [7, 11) is 0. The molecule has 2 aromatic heterocycles. The fourth-order valence-electron chi connectivity index (χ4n) is 4.55. The second-order valence-electron chi connectivity index (χ2n) is 8.79. The van der Waals surface area contributed by atoms with Crippen molar-refractivity contribution in [2.45, 2.75) is 26.1 Å². The Labute approximate surface area is 206 Å². The minimum absolute atomic E-state index is 0.0182. The van der Waals surface area contributed by atoms with Gasteiger partial charge in [0.1, 0.15) is 17.1 Å². The predicted octanol–water partition coefficient (Wildman–Crippen LogP) is 4.75. The highest BCUT2D eigenvalue weighted by atomic mass is 35.5. The molecule has 5 rings (SSSR count). The zero-order chi connectivity index (χ0) is 23.8. The van der Waals surface area contributed by atoms with Gasteiger partial charge in [0, 0.05) is 46.5 Å². The number of fused-ring (bicyclic) bond motifs is 3. The summed E-state index contributed by atoms with van der Waals surface area (Å²) in [6.45, 7) is 5.74. The van der Waals surface area contributed by atoms with Crippen LogP contribution in [0.25, 0.3) is 21.3 Å². The summed E-state index contributed by atoms with van der Waals surface area (Å²) in [6, 6.07) is 7.32. The van der Waals surface area contributed by atoms with Crippen molar-refractivity contribution < 1.29 is 19.0 Å². The maximum atomic E-state index is 12.5. The van der Waals surface area contributed by atoms with E-state index in [-0.39, 0.29) is 30.1 Å². The number of halogens is 1.